The van der Waals surface area contributed by atoms with Crippen LogP contribution in [0.4, 0.5) is 11.5 Å². The third kappa shape index (κ3) is 3.55. The summed E-state index contributed by atoms with van der Waals surface area (Å²) in [6.45, 7) is 3.35. The van der Waals surface area contributed by atoms with Gasteiger partial charge in [-0.25, -0.2) is 13.4 Å². The average Bonchev–Trinajstić information content (AvgIpc) is 3.27. The Kier molecular flexibility index (Phi) is 4.52. The van der Waals surface area contributed by atoms with Crippen molar-refractivity contribution in [1.29, 1.82) is 0 Å². The van der Waals surface area contributed by atoms with Gasteiger partial charge >= 0.3 is 0 Å². The number of aromatic nitrogens is 3. The fourth-order valence-corrected chi connectivity index (χ4v) is 4.24. The van der Waals surface area contributed by atoms with Gasteiger partial charge < -0.3 is 10.3 Å². The molecule has 31 heavy (non-hydrogen) atoms. The van der Waals surface area contributed by atoms with Crippen molar-refractivity contribution in [1.82, 2.24) is 15.0 Å². The molecule has 0 atom stereocenters. The number of H-pyrrole nitrogens is 1. The van der Waals surface area contributed by atoms with Crippen molar-refractivity contribution in [3.8, 4) is 11.3 Å². The summed E-state index contributed by atoms with van der Waals surface area (Å²) >= 11 is 0. The second kappa shape index (κ2) is 7.37. The zero-order valence-corrected chi connectivity index (χ0v) is 17.2. The number of pyridine rings is 2. The molecule has 2 aromatic carbocycles. The van der Waals surface area contributed by atoms with Crippen molar-refractivity contribution in [3.05, 3.63) is 91.2 Å². The maximum absolute atomic E-state index is 11.9. The first kappa shape index (κ1) is 19.0. The highest BCUT2D eigenvalue weighted by Gasteiger charge is 2.11. The molecule has 0 bridgehead atoms. The van der Waals surface area contributed by atoms with Gasteiger partial charge in [0.05, 0.1) is 10.6 Å². The molecule has 0 saturated heterocycles. The number of rotatable bonds is 5. The Morgan fingerprint density at radius 2 is 1.77 bits per heavy atom. The fourth-order valence-electron chi connectivity index (χ4n) is 3.53. The maximum Gasteiger partial charge on any atom is 0.199 e. The van der Waals surface area contributed by atoms with Crippen molar-refractivity contribution < 1.29 is 8.42 Å². The largest absolute Gasteiger partial charge is 0.361 e. The van der Waals surface area contributed by atoms with Gasteiger partial charge in [0.2, 0.25) is 0 Å². The predicted octanol–water partition coefficient (Wildman–Crippen LogP) is 5.44. The molecule has 0 radical (unpaired) electrons. The zero-order chi connectivity index (χ0) is 21.4. The first-order valence-electron chi connectivity index (χ1n) is 9.60. The van der Waals surface area contributed by atoms with Gasteiger partial charge in [-0.2, -0.15) is 0 Å². The lowest BCUT2D eigenvalue weighted by molar-refractivity contribution is 0.605. The van der Waals surface area contributed by atoms with E-state index in [0.717, 1.165) is 44.0 Å². The average molecular weight is 427 g/mol. The molecular formula is C24H18N4O2S. The standard InChI is InChI=1S/C24H18N4O2S/c1-2-31(29,30)20-7-5-19(6-8-20)28-23-14-21-18(15-27-23)10-12-26-24(21)17-4-3-16-9-11-25-22(16)13-17/h2-15,25H,1H2,(H,27,28). The molecule has 3 aromatic heterocycles. The quantitative estimate of drug-likeness (QED) is 0.391. The van der Waals surface area contributed by atoms with Crippen molar-refractivity contribution in [2.45, 2.75) is 4.90 Å². The maximum atomic E-state index is 11.9. The Balaban J connectivity index is 1.52. The molecule has 0 fully saturated rings. The van der Waals surface area contributed by atoms with E-state index in [0.29, 0.717) is 5.82 Å². The molecule has 6 nitrogen and oxygen atoms in total. The zero-order valence-electron chi connectivity index (χ0n) is 16.4. The fraction of sp³-hybridized carbons (Fsp3) is 0. The van der Waals surface area contributed by atoms with E-state index in [4.69, 9.17) is 0 Å². The number of anilines is 2. The molecule has 0 aliphatic heterocycles. The van der Waals surface area contributed by atoms with Crippen molar-refractivity contribution in [2.75, 3.05) is 5.32 Å². The number of sulfone groups is 1. The molecule has 0 aliphatic carbocycles. The Morgan fingerprint density at radius 1 is 0.935 bits per heavy atom. The molecule has 7 heteroatoms. The van der Waals surface area contributed by atoms with Crippen LogP contribution < -0.4 is 5.32 Å². The molecule has 0 aliphatic rings. The van der Waals surface area contributed by atoms with Gasteiger partial charge in [0.15, 0.2) is 9.84 Å². The molecule has 0 saturated carbocycles. The highest BCUT2D eigenvalue weighted by atomic mass is 32.2. The number of aromatic amines is 1. The minimum atomic E-state index is -3.45. The van der Waals surface area contributed by atoms with Gasteiger partial charge in [-0.1, -0.05) is 18.7 Å². The van der Waals surface area contributed by atoms with E-state index in [2.05, 4.69) is 45.0 Å². The molecular weight excluding hydrogens is 408 g/mol. The van der Waals surface area contributed by atoms with E-state index in [1.807, 2.05) is 24.4 Å². The lowest BCUT2D eigenvalue weighted by Crippen LogP contribution is -1.97. The van der Waals surface area contributed by atoms with Crippen LogP contribution in [0.5, 0.6) is 0 Å². The second-order valence-electron chi connectivity index (χ2n) is 7.09. The van der Waals surface area contributed by atoms with Gasteiger partial charge in [0, 0.05) is 51.5 Å². The lowest BCUT2D eigenvalue weighted by Gasteiger charge is -2.10. The van der Waals surface area contributed by atoms with Crippen molar-refractivity contribution in [2.24, 2.45) is 0 Å². The van der Waals surface area contributed by atoms with Crippen LogP contribution in [0.3, 0.4) is 0 Å². The number of nitrogens with one attached hydrogen (secondary N) is 2. The van der Waals surface area contributed by atoms with Crippen LogP contribution >= 0.6 is 0 Å². The van der Waals surface area contributed by atoms with Gasteiger partial charge in [0.1, 0.15) is 5.82 Å². The van der Waals surface area contributed by atoms with Crippen LogP contribution in [0.25, 0.3) is 32.9 Å². The second-order valence-corrected chi connectivity index (χ2v) is 8.99. The molecule has 152 valence electrons. The van der Waals surface area contributed by atoms with Crippen LogP contribution in [0.2, 0.25) is 0 Å². The van der Waals surface area contributed by atoms with E-state index in [1.165, 1.54) is 0 Å². The van der Waals surface area contributed by atoms with E-state index in [9.17, 15) is 8.42 Å². The molecule has 5 rings (SSSR count). The summed E-state index contributed by atoms with van der Waals surface area (Å²) in [6.07, 6.45) is 5.50. The minimum Gasteiger partial charge on any atom is -0.361 e. The predicted molar refractivity (Wildman–Crippen MR) is 124 cm³/mol. The van der Waals surface area contributed by atoms with Crippen molar-refractivity contribution in [3.63, 3.8) is 0 Å². The summed E-state index contributed by atoms with van der Waals surface area (Å²) in [5.41, 5.74) is 3.66. The van der Waals surface area contributed by atoms with E-state index >= 15 is 0 Å². The highest BCUT2D eigenvalue weighted by Crippen LogP contribution is 2.30. The topological polar surface area (TPSA) is 87.7 Å². The summed E-state index contributed by atoms with van der Waals surface area (Å²) in [5, 5.41) is 7.27. The number of hydrogen-bond acceptors (Lipinski definition) is 5. The van der Waals surface area contributed by atoms with E-state index in [1.54, 1.807) is 36.7 Å². The number of hydrogen-bond donors (Lipinski definition) is 2. The van der Waals surface area contributed by atoms with E-state index < -0.39 is 9.84 Å². The van der Waals surface area contributed by atoms with Crippen LogP contribution in [0, 0.1) is 0 Å². The SMILES string of the molecule is C=CS(=O)(=O)c1ccc(Nc2cc3c(-c4ccc5cc[nH]c5c4)nccc3cn2)cc1. The highest BCUT2D eigenvalue weighted by molar-refractivity contribution is 7.94. The molecule has 0 spiro atoms. The van der Waals surface area contributed by atoms with Gasteiger partial charge in [-0.15, -0.1) is 0 Å². The summed E-state index contributed by atoms with van der Waals surface area (Å²) in [6, 6.07) is 18.6. The van der Waals surface area contributed by atoms with Crippen LogP contribution in [-0.2, 0) is 9.84 Å². The number of fused-ring (bicyclic) bond motifs is 2. The summed E-state index contributed by atoms with van der Waals surface area (Å²) in [5.74, 6) is 0.641. The van der Waals surface area contributed by atoms with Gasteiger partial charge in [-0.3, -0.25) is 4.98 Å². The Hall–Kier alpha value is -3.97. The lowest BCUT2D eigenvalue weighted by atomic mass is 10.0. The van der Waals surface area contributed by atoms with Crippen molar-refractivity contribution >= 4 is 43.0 Å². The number of benzene rings is 2. The molecule has 0 unspecified atom stereocenters. The first-order chi connectivity index (χ1) is 15.0. The third-order valence-corrected chi connectivity index (χ3v) is 6.52. The van der Waals surface area contributed by atoms with Gasteiger partial charge in [-0.05, 0) is 53.9 Å². The number of nitrogens with zero attached hydrogens (tertiary/aromatic N) is 2. The third-order valence-electron chi connectivity index (χ3n) is 5.15. The Morgan fingerprint density at radius 3 is 2.58 bits per heavy atom. The van der Waals surface area contributed by atoms with Crippen LogP contribution in [0.15, 0.2) is 96.1 Å². The monoisotopic (exact) mass is 426 g/mol. The Labute approximate surface area is 179 Å². The molecule has 2 N–H and O–H groups in total. The summed E-state index contributed by atoms with van der Waals surface area (Å²) in [7, 11) is -3.45. The van der Waals surface area contributed by atoms with Crippen LogP contribution in [-0.4, -0.2) is 23.4 Å². The van der Waals surface area contributed by atoms with Gasteiger partial charge in [0.25, 0.3) is 0 Å². The van der Waals surface area contributed by atoms with Crippen LogP contribution in [0.1, 0.15) is 0 Å². The normalized spacial score (nSPS) is 11.6. The molecule has 5 aromatic rings. The minimum absolute atomic E-state index is 0.200. The first-order valence-corrected chi connectivity index (χ1v) is 11.1. The Bertz CT molecular complexity index is 1540. The summed E-state index contributed by atoms with van der Waals surface area (Å²) in [4.78, 5) is 12.5. The molecule has 3 heterocycles. The molecule has 0 amide bonds. The van der Waals surface area contributed by atoms with E-state index in [-0.39, 0.29) is 4.90 Å². The smallest absolute Gasteiger partial charge is 0.199 e. The summed E-state index contributed by atoms with van der Waals surface area (Å²) < 4.78 is 23.8.